The SMILES string of the molecule is CCC1=NN(c2ccccc2)[C@]2(SC(C(=O)OC)=NN2c2ccccc2Cl)c2ccccc21. The summed E-state index contributed by atoms with van der Waals surface area (Å²) >= 11 is 7.95. The summed E-state index contributed by atoms with van der Waals surface area (Å²) in [5, 5.41) is 14.3. The molecule has 0 N–H and O–H groups in total. The summed E-state index contributed by atoms with van der Waals surface area (Å²) in [6.45, 7) is 2.08. The number of nitrogens with zero attached hydrogens (tertiary/aromatic N) is 4. The number of halogens is 1. The predicted molar refractivity (Wildman–Crippen MR) is 135 cm³/mol. The molecule has 0 bridgehead atoms. The van der Waals surface area contributed by atoms with Gasteiger partial charge in [-0.15, -0.1) is 0 Å². The fraction of sp³-hybridized carbons (Fsp3) is 0.160. The monoisotopic (exact) mass is 476 g/mol. The maximum absolute atomic E-state index is 12.7. The average molecular weight is 477 g/mol. The Morgan fingerprint density at radius 3 is 2.39 bits per heavy atom. The Labute approximate surface area is 201 Å². The van der Waals surface area contributed by atoms with Crippen molar-refractivity contribution in [2.24, 2.45) is 10.2 Å². The molecule has 0 radical (unpaired) electrons. The number of fused-ring (bicyclic) bond motifs is 2. The van der Waals surface area contributed by atoms with E-state index < -0.39 is 11.0 Å². The van der Waals surface area contributed by atoms with Crippen molar-refractivity contribution in [2.45, 2.75) is 18.3 Å². The van der Waals surface area contributed by atoms with E-state index in [0.717, 1.165) is 28.9 Å². The molecule has 2 heterocycles. The maximum Gasteiger partial charge on any atom is 0.365 e. The Hall–Kier alpha value is -3.29. The van der Waals surface area contributed by atoms with E-state index >= 15 is 0 Å². The maximum atomic E-state index is 12.7. The lowest BCUT2D eigenvalue weighted by Crippen LogP contribution is -2.54. The molecule has 33 heavy (non-hydrogen) atoms. The normalized spacial score (nSPS) is 19.2. The molecule has 2 aliphatic heterocycles. The summed E-state index contributed by atoms with van der Waals surface area (Å²) in [6, 6.07) is 25.4. The highest BCUT2D eigenvalue weighted by Gasteiger charge is 2.56. The number of hydrazone groups is 2. The largest absolute Gasteiger partial charge is 0.464 e. The van der Waals surface area contributed by atoms with Crippen molar-refractivity contribution >= 4 is 51.5 Å². The van der Waals surface area contributed by atoms with Crippen LogP contribution in [-0.4, -0.2) is 23.8 Å². The zero-order valence-corrected chi connectivity index (χ0v) is 19.7. The van der Waals surface area contributed by atoms with Gasteiger partial charge in [0.2, 0.25) is 10.0 Å². The molecule has 3 aromatic carbocycles. The Morgan fingerprint density at radius 2 is 1.67 bits per heavy atom. The first-order valence-corrected chi connectivity index (χ1v) is 11.7. The van der Waals surface area contributed by atoms with E-state index in [9.17, 15) is 4.79 Å². The van der Waals surface area contributed by atoms with Crippen LogP contribution in [0.5, 0.6) is 0 Å². The molecular formula is C25H21ClN4O2S. The Morgan fingerprint density at radius 1 is 0.970 bits per heavy atom. The highest BCUT2D eigenvalue weighted by molar-refractivity contribution is 8.16. The summed E-state index contributed by atoms with van der Waals surface area (Å²) in [5.41, 5.74) is 4.46. The third-order valence-electron chi connectivity index (χ3n) is 5.59. The molecule has 0 saturated heterocycles. The highest BCUT2D eigenvalue weighted by Crippen LogP contribution is 2.55. The Balaban J connectivity index is 1.83. The van der Waals surface area contributed by atoms with Crippen LogP contribution < -0.4 is 10.0 Å². The van der Waals surface area contributed by atoms with Crippen molar-refractivity contribution in [1.29, 1.82) is 0 Å². The number of para-hydroxylation sites is 2. The number of thioether (sulfide) groups is 1. The first kappa shape index (κ1) is 21.6. The van der Waals surface area contributed by atoms with Gasteiger partial charge in [-0.1, -0.05) is 73.1 Å². The topological polar surface area (TPSA) is 57.5 Å². The number of hydrogen-bond acceptors (Lipinski definition) is 7. The van der Waals surface area contributed by atoms with Crippen molar-refractivity contribution in [3.63, 3.8) is 0 Å². The number of benzene rings is 3. The van der Waals surface area contributed by atoms with Crippen LogP contribution in [0.1, 0.15) is 24.5 Å². The zero-order valence-electron chi connectivity index (χ0n) is 18.1. The molecule has 3 aromatic rings. The molecule has 0 unspecified atom stereocenters. The zero-order chi connectivity index (χ0) is 23.0. The number of hydrogen-bond donors (Lipinski definition) is 0. The van der Waals surface area contributed by atoms with Gasteiger partial charge < -0.3 is 4.74 Å². The molecule has 0 amide bonds. The third kappa shape index (κ3) is 3.39. The fourth-order valence-electron chi connectivity index (χ4n) is 4.11. The van der Waals surface area contributed by atoms with Crippen LogP contribution in [0.2, 0.25) is 5.02 Å². The first-order chi connectivity index (χ1) is 16.1. The quantitative estimate of drug-likeness (QED) is 0.444. The molecular weight excluding hydrogens is 456 g/mol. The molecule has 2 aliphatic rings. The second kappa shape index (κ2) is 8.57. The number of carbonyl (C=O) groups excluding carboxylic acids is 1. The van der Waals surface area contributed by atoms with Gasteiger partial charge in [-0.05, 0) is 42.4 Å². The van der Waals surface area contributed by atoms with E-state index in [1.807, 2.05) is 71.7 Å². The molecule has 0 saturated carbocycles. The smallest absolute Gasteiger partial charge is 0.365 e. The highest BCUT2D eigenvalue weighted by atomic mass is 35.5. The lowest BCUT2D eigenvalue weighted by atomic mass is 9.96. The summed E-state index contributed by atoms with van der Waals surface area (Å²) in [7, 11) is 1.35. The Kier molecular flexibility index (Phi) is 5.60. The molecule has 6 nitrogen and oxygen atoms in total. The van der Waals surface area contributed by atoms with Gasteiger partial charge in [0, 0.05) is 11.1 Å². The standard InChI is InChI=1S/C25H21ClN4O2S/c1-3-21-18-13-7-8-14-19(18)25(29(27-21)17-11-5-4-6-12-17)30(22-16-10-9-15-20(22)26)28-23(33-25)24(31)32-2/h4-16H,3H2,1-2H3/t25-/m1/s1. The number of methoxy groups -OCH3 is 1. The second-order valence-electron chi connectivity index (χ2n) is 7.46. The van der Waals surface area contributed by atoms with Crippen LogP contribution in [0.15, 0.2) is 89.1 Å². The average Bonchev–Trinajstić information content (AvgIpc) is 3.25. The fourth-order valence-corrected chi connectivity index (χ4v) is 5.63. The van der Waals surface area contributed by atoms with E-state index in [4.69, 9.17) is 26.5 Å². The summed E-state index contributed by atoms with van der Waals surface area (Å²) in [4.78, 5) is 11.7. The minimum atomic E-state index is -1.02. The first-order valence-electron chi connectivity index (χ1n) is 10.5. The number of carbonyl (C=O) groups is 1. The van der Waals surface area contributed by atoms with Crippen molar-refractivity contribution in [3.05, 3.63) is 95.0 Å². The van der Waals surface area contributed by atoms with Gasteiger partial charge in [-0.3, -0.25) is 0 Å². The van der Waals surface area contributed by atoms with Crippen LogP contribution >= 0.6 is 23.4 Å². The van der Waals surface area contributed by atoms with Gasteiger partial charge in [-0.25, -0.2) is 14.8 Å². The summed E-state index contributed by atoms with van der Waals surface area (Å²) in [6.07, 6.45) is 0.748. The van der Waals surface area contributed by atoms with E-state index in [2.05, 4.69) is 19.1 Å². The lowest BCUT2D eigenvalue weighted by molar-refractivity contribution is -0.132. The van der Waals surface area contributed by atoms with E-state index in [1.54, 1.807) is 5.01 Å². The van der Waals surface area contributed by atoms with Crippen molar-refractivity contribution in [2.75, 3.05) is 17.1 Å². The van der Waals surface area contributed by atoms with E-state index in [0.29, 0.717) is 10.7 Å². The van der Waals surface area contributed by atoms with Gasteiger partial charge in [0.25, 0.3) is 0 Å². The molecule has 1 atom stereocenters. The second-order valence-corrected chi connectivity index (χ2v) is 9.03. The minimum Gasteiger partial charge on any atom is -0.464 e. The lowest BCUT2D eigenvalue weighted by Gasteiger charge is -2.47. The van der Waals surface area contributed by atoms with Crippen LogP contribution in [0.25, 0.3) is 0 Å². The van der Waals surface area contributed by atoms with Crippen molar-refractivity contribution < 1.29 is 9.53 Å². The van der Waals surface area contributed by atoms with Crippen LogP contribution in [0, 0.1) is 0 Å². The van der Waals surface area contributed by atoms with Crippen LogP contribution in [0.4, 0.5) is 11.4 Å². The number of esters is 1. The molecule has 0 fully saturated rings. The Bertz CT molecular complexity index is 1280. The van der Waals surface area contributed by atoms with Gasteiger partial charge in [0.05, 0.1) is 29.2 Å². The minimum absolute atomic E-state index is 0.225. The molecule has 0 aliphatic carbocycles. The van der Waals surface area contributed by atoms with Crippen molar-refractivity contribution in [3.8, 4) is 0 Å². The molecule has 166 valence electrons. The molecule has 1 spiro atoms. The third-order valence-corrected chi connectivity index (χ3v) is 7.20. The number of ether oxygens (including phenoxy) is 1. The van der Waals surface area contributed by atoms with E-state index in [1.165, 1.54) is 18.9 Å². The van der Waals surface area contributed by atoms with Gasteiger partial charge in [0.1, 0.15) is 0 Å². The molecule has 5 rings (SSSR count). The predicted octanol–water partition coefficient (Wildman–Crippen LogP) is 5.82. The summed E-state index contributed by atoms with van der Waals surface area (Å²) in [5.74, 6) is -0.510. The van der Waals surface area contributed by atoms with E-state index in [-0.39, 0.29) is 5.04 Å². The van der Waals surface area contributed by atoms with Gasteiger partial charge in [0.15, 0.2) is 0 Å². The number of rotatable bonds is 4. The number of anilines is 2. The van der Waals surface area contributed by atoms with Gasteiger partial charge >= 0.3 is 5.97 Å². The van der Waals surface area contributed by atoms with Crippen LogP contribution in [-0.2, 0) is 14.5 Å². The molecule has 0 aromatic heterocycles. The van der Waals surface area contributed by atoms with Crippen LogP contribution in [0.3, 0.4) is 0 Å². The van der Waals surface area contributed by atoms with Crippen molar-refractivity contribution in [1.82, 2.24) is 0 Å². The molecule has 8 heteroatoms. The van der Waals surface area contributed by atoms with Gasteiger partial charge in [-0.2, -0.15) is 10.2 Å². The summed E-state index contributed by atoms with van der Waals surface area (Å²) < 4.78 is 5.05.